The Balaban J connectivity index is 0.000000180. The molecule has 0 bridgehead atoms. The van der Waals surface area contributed by atoms with Gasteiger partial charge in [-0.15, -0.1) is 12.6 Å². The number of hydrogen-bond acceptors (Lipinski definition) is 1. The molecule has 0 amide bonds. The van der Waals surface area contributed by atoms with Crippen molar-refractivity contribution in [2.75, 3.05) is 0 Å². The van der Waals surface area contributed by atoms with Crippen LogP contribution in [0, 0.1) is 6.92 Å². The van der Waals surface area contributed by atoms with E-state index in [1.54, 1.807) is 24.3 Å². The molecule has 0 radical (unpaired) electrons. The molecule has 0 aliphatic carbocycles. The normalized spacial score (nSPS) is 9.67. The molecule has 0 aliphatic heterocycles. The number of rotatable bonds is 0. The van der Waals surface area contributed by atoms with E-state index in [-0.39, 0.29) is 0 Å². The van der Waals surface area contributed by atoms with Crippen molar-refractivity contribution in [2.45, 2.75) is 11.8 Å². The van der Waals surface area contributed by atoms with Crippen molar-refractivity contribution in [3.63, 3.8) is 0 Å². The molecule has 0 unspecified atom stereocenters. The number of benzene rings is 2. The van der Waals surface area contributed by atoms with Crippen molar-refractivity contribution in [3.8, 4) is 0 Å². The van der Waals surface area contributed by atoms with Crippen LogP contribution in [0.25, 0.3) is 0 Å². The molecule has 2 aromatic rings. The Bertz CT molecular complexity index is 390. The summed E-state index contributed by atoms with van der Waals surface area (Å²) in [4.78, 5) is 0.785. The lowest BCUT2D eigenvalue weighted by molar-refractivity contribution is 1.47. The molecule has 18 heavy (non-hydrogen) atoms. The second kappa shape index (κ2) is 7.52. The molecule has 0 spiro atoms. The van der Waals surface area contributed by atoms with Gasteiger partial charge in [-0.3, -0.25) is 0 Å². The molecule has 5 heteroatoms. The van der Waals surface area contributed by atoms with Gasteiger partial charge in [-0.2, -0.15) is 0 Å². The van der Waals surface area contributed by atoms with Crippen LogP contribution in [0.3, 0.4) is 0 Å². The first-order valence-electron chi connectivity index (χ1n) is 4.94. The molecule has 0 saturated carbocycles. The zero-order valence-electron chi connectivity index (χ0n) is 9.42. The molecule has 0 N–H and O–H groups in total. The van der Waals surface area contributed by atoms with Crippen molar-refractivity contribution < 1.29 is 0 Å². The number of aryl methyl sites for hydroxylation is 1. The fourth-order valence-corrected chi connectivity index (χ4v) is 2.82. The van der Waals surface area contributed by atoms with Crippen LogP contribution in [0.1, 0.15) is 5.56 Å². The second-order valence-corrected chi connectivity index (χ2v) is 5.84. The highest BCUT2D eigenvalue weighted by atomic mass is 35.5. The lowest BCUT2D eigenvalue weighted by Crippen LogP contribution is -1.70. The summed E-state index contributed by atoms with van der Waals surface area (Å²) >= 11 is 26.6. The molecule has 0 aliphatic rings. The summed E-state index contributed by atoms with van der Waals surface area (Å²) in [7, 11) is 0. The first-order valence-corrected chi connectivity index (χ1v) is 6.90. The van der Waals surface area contributed by atoms with E-state index in [0.29, 0.717) is 20.1 Å². The largest absolute Gasteiger partial charge is 0.143 e. The standard InChI is InChI=1S/C7H6Cl2.C6H4Cl2S/c1-5-2-6(8)4-7(9)3-5;7-4-1-5(8)3-6(9)2-4/h2-4H,1H3;1-3,9H. The number of hydrogen-bond donors (Lipinski definition) is 1. The number of thiol groups is 1. The van der Waals surface area contributed by atoms with Gasteiger partial charge in [-0.25, -0.2) is 0 Å². The van der Waals surface area contributed by atoms with Crippen LogP contribution in [-0.2, 0) is 0 Å². The van der Waals surface area contributed by atoms with E-state index in [4.69, 9.17) is 46.4 Å². The van der Waals surface area contributed by atoms with Crippen molar-refractivity contribution in [1.82, 2.24) is 0 Å². The summed E-state index contributed by atoms with van der Waals surface area (Å²) in [6.07, 6.45) is 0. The maximum Gasteiger partial charge on any atom is 0.0431 e. The van der Waals surface area contributed by atoms with Crippen molar-refractivity contribution >= 4 is 59.0 Å². The Hall–Kier alpha value is -0.0500. The summed E-state index contributed by atoms with van der Waals surface area (Å²) in [6, 6.07) is 10.6. The van der Waals surface area contributed by atoms with Crippen molar-refractivity contribution in [1.29, 1.82) is 0 Å². The summed E-state index contributed by atoms with van der Waals surface area (Å²) in [5.74, 6) is 0. The predicted octanol–water partition coefficient (Wildman–Crippen LogP) is 6.58. The van der Waals surface area contributed by atoms with Gasteiger partial charge < -0.3 is 0 Å². The molecule has 0 nitrogen and oxygen atoms in total. The SMILES string of the molecule is Cc1cc(Cl)cc(Cl)c1.Sc1cc(Cl)cc(Cl)c1. The van der Waals surface area contributed by atoms with E-state index >= 15 is 0 Å². The second-order valence-electron chi connectivity index (χ2n) is 3.57. The van der Waals surface area contributed by atoms with Crippen LogP contribution >= 0.6 is 59.0 Å². The third-order valence-electron chi connectivity index (χ3n) is 1.85. The molecule has 0 saturated heterocycles. The van der Waals surface area contributed by atoms with E-state index in [1.807, 2.05) is 19.1 Å². The smallest absolute Gasteiger partial charge is 0.0431 e. The average Bonchev–Trinajstić information content (AvgIpc) is 2.12. The van der Waals surface area contributed by atoms with Gasteiger partial charge >= 0.3 is 0 Å². The zero-order chi connectivity index (χ0) is 13.7. The van der Waals surface area contributed by atoms with Crippen LogP contribution in [0.5, 0.6) is 0 Å². The predicted molar refractivity (Wildman–Crippen MR) is 84.9 cm³/mol. The quantitative estimate of drug-likeness (QED) is 0.514. The lowest BCUT2D eigenvalue weighted by Gasteiger charge is -1.93. The van der Waals surface area contributed by atoms with Crippen LogP contribution in [0.2, 0.25) is 20.1 Å². The van der Waals surface area contributed by atoms with Crippen LogP contribution in [-0.4, -0.2) is 0 Å². The highest BCUT2D eigenvalue weighted by Crippen LogP contribution is 2.20. The Labute approximate surface area is 132 Å². The summed E-state index contributed by atoms with van der Waals surface area (Å²) in [5, 5.41) is 2.63. The van der Waals surface area contributed by atoms with E-state index in [9.17, 15) is 0 Å². The molecule has 0 heterocycles. The maximum absolute atomic E-state index is 5.67. The van der Waals surface area contributed by atoms with Gasteiger partial charge in [0.2, 0.25) is 0 Å². The van der Waals surface area contributed by atoms with E-state index in [1.165, 1.54) is 0 Å². The highest BCUT2D eigenvalue weighted by molar-refractivity contribution is 7.80. The van der Waals surface area contributed by atoms with Gasteiger partial charge in [-0.1, -0.05) is 46.4 Å². The van der Waals surface area contributed by atoms with Crippen LogP contribution < -0.4 is 0 Å². The van der Waals surface area contributed by atoms with Gasteiger partial charge in [0.15, 0.2) is 0 Å². The maximum atomic E-state index is 5.67. The third kappa shape index (κ3) is 6.21. The molecule has 0 aromatic heterocycles. The first kappa shape index (κ1) is 16.0. The zero-order valence-corrected chi connectivity index (χ0v) is 13.3. The average molecular weight is 340 g/mol. The fraction of sp³-hybridized carbons (Fsp3) is 0.0769. The minimum absolute atomic E-state index is 0.618. The lowest BCUT2D eigenvalue weighted by atomic mass is 10.2. The summed E-state index contributed by atoms with van der Waals surface area (Å²) in [5.41, 5.74) is 1.09. The van der Waals surface area contributed by atoms with Gasteiger partial charge in [0.05, 0.1) is 0 Å². The van der Waals surface area contributed by atoms with Crippen molar-refractivity contribution in [3.05, 3.63) is 62.1 Å². The highest BCUT2D eigenvalue weighted by Gasteiger charge is 1.92. The van der Waals surface area contributed by atoms with Crippen molar-refractivity contribution in [2.24, 2.45) is 0 Å². The van der Waals surface area contributed by atoms with Gasteiger partial charge in [-0.05, 0) is 48.9 Å². The van der Waals surface area contributed by atoms with E-state index < -0.39 is 0 Å². The van der Waals surface area contributed by atoms with E-state index in [0.717, 1.165) is 10.5 Å². The molecule has 2 aromatic carbocycles. The van der Waals surface area contributed by atoms with Gasteiger partial charge in [0, 0.05) is 25.0 Å². The van der Waals surface area contributed by atoms with Gasteiger partial charge in [0.1, 0.15) is 0 Å². The minimum atomic E-state index is 0.618. The molecular weight excluding hydrogens is 330 g/mol. The first-order chi connectivity index (χ1) is 8.36. The monoisotopic (exact) mass is 338 g/mol. The Kier molecular flexibility index (Phi) is 6.68. The Morgan fingerprint density at radius 3 is 1.28 bits per heavy atom. The number of halogens is 4. The van der Waals surface area contributed by atoms with Crippen LogP contribution in [0.15, 0.2) is 41.3 Å². The van der Waals surface area contributed by atoms with E-state index in [2.05, 4.69) is 12.6 Å². The Morgan fingerprint density at radius 2 is 1.00 bits per heavy atom. The Morgan fingerprint density at radius 1 is 0.667 bits per heavy atom. The molecular formula is C13H10Cl4S. The third-order valence-corrected chi connectivity index (χ3v) is 2.99. The summed E-state index contributed by atoms with van der Waals surface area (Å²) < 4.78 is 0. The molecule has 0 fully saturated rings. The van der Waals surface area contributed by atoms with Crippen LogP contribution in [0.4, 0.5) is 0 Å². The molecule has 96 valence electrons. The topological polar surface area (TPSA) is 0 Å². The fourth-order valence-electron chi connectivity index (χ4n) is 1.23. The molecule has 0 atom stereocenters. The summed E-state index contributed by atoms with van der Waals surface area (Å²) in [6.45, 7) is 1.96. The molecule has 2 rings (SSSR count). The van der Waals surface area contributed by atoms with Gasteiger partial charge in [0.25, 0.3) is 0 Å². The minimum Gasteiger partial charge on any atom is -0.143 e.